The molecule has 0 heterocycles. The normalized spacial score (nSPS) is 9.00. The molecule has 5 heteroatoms. The molecule has 0 spiro atoms. The summed E-state index contributed by atoms with van der Waals surface area (Å²) >= 11 is 1.10. The Balaban J connectivity index is 3.18. The minimum absolute atomic E-state index is 0.0944. The third kappa shape index (κ3) is 2.24. The van der Waals surface area contributed by atoms with Crippen molar-refractivity contribution in [1.82, 2.24) is 0 Å². The number of thioether (sulfide) groups is 1. The zero-order valence-electron chi connectivity index (χ0n) is 6.97. The summed E-state index contributed by atoms with van der Waals surface area (Å²) in [6, 6.07) is 6.72. The zero-order valence-corrected chi connectivity index (χ0v) is 7.78. The van der Waals surface area contributed by atoms with Crippen molar-refractivity contribution in [2.45, 2.75) is 0 Å². The molecule has 0 radical (unpaired) electrons. The lowest BCUT2D eigenvalue weighted by molar-refractivity contribution is 0.109. The molecule has 0 unspecified atom stereocenters. The highest BCUT2D eigenvalue weighted by Gasteiger charge is 2.07. The summed E-state index contributed by atoms with van der Waals surface area (Å²) in [6.45, 7) is 0. The van der Waals surface area contributed by atoms with Crippen LogP contribution >= 0.6 is 11.8 Å². The number of hydrogen-bond donors (Lipinski definition) is 0. The largest absolute Gasteiger partial charge is 0.282 e. The van der Waals surface area contributed by atoms with Crippen LogP contribution in [-0.2, 0) is 0 Å². The molecule has 0 bridgehead atoms. The van der Waals surface area contributed by atoms with Gasteiger partial charge in [-0.2, -0.15) is 0 Å². The number of benzene rings is 1. The molecule has 1 aromatic rings. The van der Waals surface area contributed by atoms with Gasteiger partial charge in [0.25, 0.3) is 0 Å². The number of azide groups is 1. The minimum atomic E-state index is -0.0944. The molecule has 1 rings (SSSR count). The molecule has 0 aromatic heterocycles. The molecule has 0 aliphatic heterocycles. The Kier molecular flexibility index (Phi) is 3.37. The number of carbonyl (C=O) groups is 1. The van der Waals surface area contributed by atoms with Gasteiger partial charge in [0.05, 0.1) is 0 Å². The van der Waals surface area contributed by atoms with E-state index in [-0.39, 0.29) is 5.12 Å². The van der Waals surface area contributed by atoms with E-state index in [4.69, 9.17) is 5.53 Å². The minimum Gasteiger partial charge on any atom is -0.282 e. The van der Waals surface area contributed by atoms with Gasteiger partial charge in [-0.25, -0.2) is 0 Å². The maximum absolute atomic E-state index is 11.3. The first-order valence-corrected chi connectivity index (χ1v) is 4.74. The van der Waals surface area contributed by atoms with Gasteiger partial charge in [-0.1, -0.05) is 41.1 Å². The highest BCUT2D eigenvalue weighted by molar-refractivity contribution is 8.13. The van der Waals surface area contributed by atoms with Crippen LogP contribution in [0.1, 0.15) is 10.4 Å². The van der Waals surface area contributed by atoms with Crippen LogP contribution < -0.4 is 0 Å². The summed E-state index contributed by atoms with van der Waals surface area (Å²) in [6.07, 6.45) is 1.69. The van der Waals surface area contributed by atoms with Crippen LogP contribution in [0.4, 0.5) is 5.69 Å². The Bertz CT molecular complexity index is 371. The fraction of sp³-hybridized carbons (Fsp3) is 0.125. The Morgan fingerprint density at radius 3 is 2.85 bits per heavy atom. The Labute approximate surface area is 79.6 Å². The summed E-state index contributed by atoms with van der Waals surface area (Å²) in [5.74, 6) is 0. The van der Waals surface area contributed by atoms with Crippen molar-refractivity contribution in [2.24, 2.45) is 5.11 Å². The summed E-state index contributed by atoms with van der Waals surface area (Å²) in [5.41, 5.74) is 9.07. The van der Waals surface area contributed by atoms with Crippen molar-refractivity contribution in [3.05, 3.63) is 40.3 Å². The molecule has 4 nitrogen and oxygen atoms in total. The average Bonchev–Trinajstić information content (AvgIpc) is 2.18. The Hall–Kier alpha value is -1.45. The summed E-state index contributed by atoms with van der Waals surface area (Å²) in [4.78, 5) is 13.9. The second kappa shape index (κ2) is 4.54. The first-order chi connectivity index (χ1) is 6.29. The molecule has 0 fully saturated rings. The van der Waals surface area contributed by atoms with Gasteiger partial charge in [0.15, 0.2) is 0 Å². The van der Waals surface area contributed by atoms with Crippen molar-refractivity contribution in [2.75, 3.05) is 6.26 Å². The molecule has 0 saturated carbocycles. The van der Waals surface area contributed by atoms with Gasteiger partial charge in [-0.05, 0) is 11.8 Å². The number of nitrogens with zero attached hydrogens (tertiary/aromatic N) is 3. The second-order valence-electron chi connectivity index (χ2n) is 2.20. The van der Waals surface area contributed by atoms with E-state index in [1.165, 1.54) is 0 Å². The highest BCUT2D eigenvalue weighted by Crippen LogP contribution is 2.22. The van der Waals surface area contributed by atoms with E-state index < -0.39 is 0 Å². The van der Waals surface area contributed by atoms with Crippen molar-refractivity contribution in [3.8, 4) is 0 Å². The van der Waals surface area contributed by atoms with Gasteiger partial charge in [-0.3, -0.25) is 4.79 Å². The van der Waals surface area contributed by atoms with Crippen LogP contribution in [0, 0.1) is 0 Å². The summed E-state index contributed by atoms with van der Waals surface area (Å²) in [5, 5.41) is 3.33. The Morgan fingerprint density at radius 1 is 1.54 bits per heavy atom. The van der Waals surface area contributed by atoms with Crippen LogP contribution in [0.3, 0.4) is 0 Å². The van der Waals surface area contributed by atoms with Crippen LogP contribution in [-0.4, -0.2) is 11.4 Å². The lowest BCUT2D eigenvalue weighted by Gasteiger charge is -1.99. The second-order valence-corrected chi connectivity index (χ2v) is 2.98. The first kappa shape index (κ1) is 9.64. The molecule has 0 saturated heterocycles. The zero-order chi connectivity index (χ0) is 9.68. The van der Waals surface area contributed by atoms with E-state index in [9.17, 15) is 4.79 Å². The number of carbonyl (C=O) groups excluding carboxylic acids is 1. The van der Waals surface area contributed by atoms with Crippen LogP contribution in [0.5, 0.6) is 0 Å². The molecule has 0 aliphatic rings. The van der Waals surface area contributed by atoms with E-state index in [2.05, 4.69) is 10.0 Å². The van der Waals surface area contributed by atoms with E-state index >= 15 is 0 Å². The first-order valence-electron chi connectivity index (χ1n) is 3.52. The molecule has 0 atom stereocenters. The highest BCUT2D eigenvalue weighted by atomic mass is 32.2. The predicted octanol–water partition coefficient (Wildman–Crippen LogP) is 3.13. The SMILES string of the molecule is CSC(=O)c1ccccc1N=[N+]=[N-]. The molecule has 0 N–H and O–H groups in total. The van der Waals surface area contributed by atoms with Crippen LogP contribution in [0.25, 0.3) is 10.4 Å². The lowest BCUT2D eigenvalue weighted by atomic mass is 10.2. The molecule has 1 aromatic carbocycles. The van der Waals surface area contributed by atoms with Crippen molar-refractivity contribution < 1.29 is 4.79 Å². The van der Waals surface area contributed by atoms with Crippen molar-refractivity contribution in [1.29, 1.82) is 0 Å². The topological polar surface area (TPSA) is 65.8 Å². The van der Waals surface area contributed by atoms with Gasteiger partial charge in [-0.15, -0.1) is 0 Å². The fourth-order valence-electron chi connectivity index (χ4n) is 0.892. The molecule has 13 heavy (non-hydrogen) atoms. The van der Waals surface area contributed by atoms with Gasteiger partial charge < -0.3 is 0 Å². The average molecular weight is 193 g/mol. The lowest BCUT2D eigenvalue weighted by Crippen LogP contribution is -1.91. The summed E-state index contributed by atoms with van der Waals surface area (Å²) in [7, 11) is 0. The number of rotatable bonds is 2. The van der Waals surface area contributed by atoms with E-state index in [1.54, 1.807) is 30.5 Å². The van der Waals surface area contributed by atoms with Gasteiger partial charge >= 0.3 is 0 Å². The van der Waals surface area contributed by atoms with E-state index in [0.717, 1.165) is 11.8 Å². The third-order valence-electron chi connectivity index (χ3n) is 1.46. The Morgan fingerprint density at radius 2 is 2.23 bits per heavy atom. The monoisotopic (exact) mass is 193 g/mol. The molecular weight excluding hydrogens is 186 g/mol. The third-order valence-corrected chi connectivity index (χ3v) is 2.05. The van der Waals surface area contributed by atoms with Gasteiger partial charge in [0.2, 0.25) is 5.12 Å². The van der Waals surface area contributed by atoms with Gasteiger partial charge in [0, 0.05) is 16.2 Å². The van der Waals surface area contributed by atoms with Crippen LogP contribution in [0.2, 0.25) is 0 Å². The standard InChI is InChI=1S/C8H7N3OS/c1-13-8(12)6-4-2-3-5-7(6)10-11-9/h2-5H,1H3. The maximum Gasteiger partial charge on any atom is 0.219 e. The van der Waals surface area contributed by atoms with Gasteiger partial charge in [0.1, 0.15) is 0 Å². The van der Waals surface area contributed by atoms with Crippen molar-refractivity contribution in [3.63, 3.8) is 0 Å². The quantitative estimate of drug-likeness (QED) is 0.411. The van der Waals surface area contributed by atoms with E-state index in [1.807, 2.05) is 0 Å². The predicted molar refractivity (Wildman–Crippen MR) is 53.1 cm³/mol. The number of hydrogen-bond acceptors (Lipinski definition) is 3. The van der Waals surface area contributed by atoms with E-state index in [0.29, 0.717) is 11.3 Å². The maximum atomic E-state index is 11.3. The smallest absolute Gasteiger partial charge is 0.219 e. The molecule has 0 aliphatic carbocycles. The summed E-state index contributed by atoms with van der Waals surface area (Å²) < 4.78 is 0. The van der Waals surface area contributed by atoms with Crippen molar-refractivity contribution >= 4 is 22.6 Å². The van der Waals surface area contributed by atoms with Crippen LogP contribution in [0.15, 0.2) is 29.4 Å². The molecular formula is C8H7N3OS. The fourth-order valence-corrected chi connectivity index (χ4v) is 1.28. The molecule has 0 amide bonds. The molecule has 66 valence electrons.